The van der Waals surface area contributed by atoms with E-state index in [1.165, 1.54) is 5.56 Å². The summed E-state index contributed by atoms with van der Waals surface area (Å²) in [6.07, 6.45) is 3.99. The van der Waals surface area contributed by atoms with E-state index >= 15 is 0 Å². The number of likely N-dealkylation sites (N-methyl/N-ethyl adjacent to an activating group) is 1. The number of hydrogen-bond acceptors (Lipinski definition) is 4. The zero-order chi connectivity index (χ0) is 15.1. The van der Waals surface area contributed by atoms with Gasteiger partial charge in [-0.15, -0.1) is 0 Å². The summed E-state index contributed by atoms with van der Waals surface area (Å²) in [4.78, 5) is 0. The van der Waals surface area contributed by atoms with E-state index in [4.69, 9.17) is 14.2 Å². The maximum Gasteiger partial charge on any atom is 0.118 e. The van der Waals surface area contributed by atoms with Gasteiger partial charge in [-0.05, 0) is 37.6 Å². The Morgan fingerprint density at radius 1 is 1.19 bits per heavy atom. The highest BCUT2D eigenvalue weighted by molar-refractivity contribution is 5.27. The van der Waals surface area contributed by atoms with Gasteiger partial charge in [0.15, 0.2) is 0 Å². The molecule has 1 saturated heterocycles. The molecule has 1 aromatic rings. The normalized spacial score (nSPS) is 19.2. The van der Waals surface area contributed by atoms with Crippen LogP contribution in [0.25, 0.3) is 0 Å². The summed E-state index contributed by atoms with van der Waals surface area (Å²) in [5.41, 5.74) is 1.23. The Hall–Kier alpha value is -1.10. The summed E-state index contributed by atoms with van der Waals surface area (Å²) in [7, 11) is 5.54. The number of ether oxygens (including phenoxy) is 3. The van der Waals surface area contributed by atoms with Gasteiger partial charge in [0.05, 0.1) is 12.7 Å². The van der Waals surface area contributed by atoms with E-state index in [-0.39, 0.29) is 5.60 Å². The van der Waals surface area contributed by atoms with Crippen molar-refractivity contribution in [1.82, 2.24) is 5.32 Å². The number of aryl methyl sites for hydroxylation is 1. The Morgan fingerprint density at radius 2 is 1.86 bits per heavy atom. The summed E-state index contributed by atoms with van der Waals surface area (Å²) in [6, 6.07) is 8.65. The van der Waals surface area contributed by atoms with E-state index in [1.54, 1.807) is 7.11 Å². The van der Waals surface area contributed by atoms with Crippen LogP contribution < -0.4 is 10.1 Å². The van der Waals surface area contributed by atoms with Crippen LogP contribution in [0.5, 0.6) is 5.75 Å². The van der Waals surface area contributed by atoms with Gasteiger partial charge in [-0.3, -0.25) is 0 Å². The van der Waals surface area contributed by atoms with Crippen molar-refractivity contribution in [1.29, 1.82) is 0 Å². The van der Waals surface area contributed by atoms with Gasteiger partial charge in [0, 0.05) is 39.2 Å². The summed E-state index contributed by atoms with van der Waals surface area (Å²) >= 11 is 0. The van der Waals surface area contributed by atoms with Crippen LogP contribution in [-0.4, -0.2) is 46.1 Å². The first-order valence-corrected chi connectivity index (χ1v) is 7.67. The molecule has 1 heterocycles. The lowest BCUT2D eigenvalue weighted by atomic mass is 9.83. The molecule has 1 aliphatic heterocycles. The Morgan fingerprint density at radius 3 is 2.38 bits per heavy atom. The van der Waals surface area contributed by atoms with Crippen molar-refractivity contribution in [3.05, 3.63) is 29.8 Å². The van der Waals surface area contributed by atoms with Gasteiger partial charge in [-0.1, -0.05) is 12.1 Å². The van der Waals surface area contributed by atoms with Crippen LogP contribution in [0.1, 0.15) is 24.8 Å². The molecule has 0 spiro atoms. The second-order valence-electron chi connectivity index (χ2n) is 5.61. The second-order valence-corrected chi connectivity index (χ2v) is 5.61. The van der Waals surface area contributed by atoms with E-state index in [2.05, 4.69) is 17.4 Å². The Bertz CT molecular complexity index is 413. The van der Waals surface area contributed by atoms with Gasteiger partial charge < -0.3 is 19.5 Å². The third kappa shape index (κ3) is 3.96. The zero-order valence-electron chi connectivity index (χ0n) is 13.4. The fourth-order valence-electron chi connectivity index (χ4n) is 3.19. The molecule has 21 heavy (non-hydrogen) atoms. The quantitative estimate of drug-likeness (QED) is 0.838. The molecule has 1 aromatic carbocycles. The lowest BCUT2D eigenvalue weighted by Gasteiger charge is -2.42. The summed E-state index contributed by atoms with van der Waals surface area (Å²) in [5, 5.41) is 3.45. The molecule has 0 bridgehead atoms. The van der Waals surface area contributed by atoms with Crippen molar-refractivity contribution in [3.8, 4) is 5.75 Å². The van der Waals surface area contributed by atoms with Crippen molar-refractivity contribution in [2.45, 2.75) is 37.3 Å². The van der Waals surface area contributed by atoms with Crippen molar-refractivity contribution in [2.75, 3.05) is 34.5 Å². The fourth-order valence-corrected chi connectivity index (χ4v) is 3.19. The molecule has 2 rings (SSSR count). The molecule has 0 aliphatic carbocycles. The molecular weight excluding hydrogens is 266 g/mol. The van der Waals surface area contributed by atoms with Gasteiger partial charge in [0.1, 0.15) is 5.75 Å². The first-order valence-electron chi connectivity index (χ1n) is 7.67. The van der Waals surface area contributed by atoms with Crippen LogP contribution in [0, 0.1) is 0 Å². The van der Waals surface area contributed by atoms with Gasteiger partial charge >= 0.3 is 0 Å². The number of methoxy groups -OCH3 is 2. The zero-order valence-corrected chi connectivity index (χ0v) is 13.4. The number of benzene rings is 1. The minimum absolute atomic E-state index is 0.0977. The molecule has 0 aromatic heterocycles. The predicted molar refractivity (Wildman–Crippen MR) is 84.0 cm³/mol. The molecule has 1 fully saturated rings. The van der Waals surface area contributed by atoms with Crippen molar-refractivity contribution < 1.29 is 14.2 Å². The van der Waals surface area contributed by atoms with E-state index in [1.807, 2.05) is 26.3 Å². The highest BCUT2D eigenvalue weighted by atomic mass is 16.5. The van der Waals surface area contributed by atoms with Gasteiger partial charge in [0.2, 0.25) is 0 Å². The SMILES string of the molecule is CNC(CCc1ccc(OC)cc1)C1(OC)CCOCC1. The van der Waals surface area contributed by atoms with E-state index in [0.717, 1.165) is 44.6 Å². The molecule has 4 heteroatoms. The standard InChI is InChI=1S/C17H27NO3/c1-18-16(17(20-3)10-12-21-13-11-17)9-6-14-4-7-15(19-2)8-5-14/h4-5,7-8,16,18H,6,9-13H2,1-3H3. The van der Waals surface area contributed by atoms with Crippen molar-refractivity contribution in [2.24, 2.45) is 0 Å². The molecule has 1 aliphatic rings. The lowest BCUT2D eigenvalue weighted by molar-refractivity contribution is -0.110. The van der Waals surface area contributed by atoms with E-state index in [0.29, 0.717) is 6.04 Å². The number of hydrogen-bond donors (Lipinski definition) is 1. The monoisotopic (exact) mass is 293 g/mol. The first-order chi connectivity index (χ1) is 10.2. The average molecular weight is 293 g/mol. The predicted octanol–water partition coefficient (Wildman–Crippen LogP) is 2.41. The molecule has 4 nitrogen and oxygen atoms in total. The molecule has 0 saturated carbocycles. The third-order valence-electron chi connectivity index (χ3n) is 4.61. The minimum atomic E-state index is -0.0977. The number of nitrogens with one attached hydrogen (secondary N) is 1. The van der Waals surface area contributed by atoms with E-state index in [9.17, 15) is 0 Å². The molecule has 1 unspecified atom stereocenters. The Kier molecular flexibility index (Phi) is 6.03. The summed E-state index contributed by atoms with van der Waals surface area (Å²) < 4.78 is 16.6. The second kappa shape index (κ2) is 7.78. The van der Waals surface area contributed by atoms with Gasteiger partial charge in [0.25, 0.3) is 0 Å². The van der Waals surface area contributed by atoms with E-state index < -0.39 is 0 Å². The highest BCUT2D eigenvalue weighted by Crippen LogP contribution is 2.30. The fraction of sp³-hybridized carbons (Fsp3) is 0.647. The average Bonchev–Trinajstić information content (AvgIpc) is 2.56. The topological polar surface area (TPSA) is 39.7 Å². The maximum absolute atomic E-state index is 5.89. The summed E-state index contributed by atoms with van der Waals surface area (Å²) in [5.74, 6) is 0.904. The van der Waals surface area contributed by atoms with Crippen LogP contribution in [0.15, 0.2) is 24.3 Å². The Balaban J connectivity index is 1.97. The van der Waals surface area contributed by atoms with Gasteiger partial charge in [-0.25, -0.2) is 0 Å². The third-order valence-corrected chi connectivity index (χ3v) is 4.61. The van der Waals surface area contributed by atoms with Crippen molar-refractivity contribution in [3.63, 3.8) is 0 Å². The maximum atomic E-state index is 5.89. The van der Waals surface area contributed by atoms with Crippen LogP contribution in [0.3, 0.4) is 0 Å². The highest BCUT2D eigenvalue weighted by Gasteiger charge is 2.39. The molecule has 0 radical (unpaired) electrons. The number of rotatable bonds is 7. The van der Waals surface area contributed by atoms with Gasteiger partial charge in [-0.2, -0.15) is 0 Å². The largest absolute Gasteiger partial charge is 0.497 e. The molecule has 118 valence electrons. The molecule has 0 amide bonds. The lowest BCUT2D eigenvalue weighted by Crippen LogP contribution is -2.54. The smallest absolute Gasteiger partial charge is 0.118 e. The van der Waals surface area contributed by atoms with Crippen LogP contribution in [0.2, 0.25) is 0 Å². The Labute approximate surface area is 127 Å². The van der Waals surface area contributed by atoms with Crippen LogP contribution in [0.4, 0.5) is 0 Å². The first kappa shape index (κ1) is 16.3. The van der Waals surface area contributed by atoms with Crippen LogP contribution in [-0.2, 0) is 15.9 Å². The molecule has 1 N–H and O–H groups in total. The minimum Gasteiger partial charge on any atom is -0.497 e. The summed E-state index contributed by atoms with van der Waals surface area (Å²) in [6.45, 7) is 1.57. The van der Waals surface area contributed by atoms with Crippen LogP contribution >= 0.6 is 0 Å². The van der Waals surface area contributed by atoms with Crippen molar-refractivity contribution >= 4 is 0 Å². The molecular formula is C17H27NO3. The molecule has 1 atom stereocenters.